The van der Waals surface area contributed by atoms with Crippen molar-refractivity contribution in [2.45, 2.75) is 0 Å². The fourth-order valence-corrected chi connectivity index (χ4v) is 2.48. The number of nitrogens with zero attached hydrogens (tertiary/aromatic N) is 4. The van der Waals surface area contributed by atoms with Crippen molar-refractivity contribution in [3.05, 3.63) is 40.5 Å². The minimum Gasteiger partial charge on any atom is -0.236 e. The van der Waals surface area contributed by atoms with E-state index in [1.54, 1.807) is 6.34 Å². The largest absolute Gasteiger partial charge is 0.236 e. The lowest BCUT2D eigenvalue weighted by Crippen LogP contribution is -2.20. The standard InChI is InChI=1S/C13H6N4S/c18-13-9-2-1-8-7(11(9)15-6-17-13)3-4-10-12(8)16-5-14-10/h1-6H. The summed E-state index contributed by atoms with van der Waals surface area (Å²) >= 11 is 5.22. The van der Waals surface area contributed by atoms with Crippen molar-refractivity contribution < 1.29 is 0 Å². The smallest absolute Gasteiger partial charge is 0.137 e. The lowest BCUT2D eigenvalue weighted by Gasteiger charge is -2.07. The van der Waals surface area contributed by atoms with Crippen LogP contribution in [0.25, 0.3) is 10.8 Å². The molecule has 0 N–H and O–H groups in total. The van der Waals surface area contributed by atoms with E-state index >= 15 is 0 Å². The molecule has 2 aliphatic rings. The second-order valence-corrected chi connectivity index (χ2v) is 4.43. The molecule has 84 valence electrons. The van der Waals surface area contributed by atoms with E-state index in [0.717, 1.165) is 32.7 Å². The zero-order valence-electron chi connectivity index (χ0n) is 9.16. The van der Waals surface area contributed by atoms with Gasteiger partial charge in [0.2, 0.25) is 0 Å². The summed E-state index contributed by atoms with van der Waals surface area (Å²) in [5.74, 6) is 0. The Morgan fingerprint density at radius 1 is 0.778 bits per heavy atom. The third kappa shape index (κ3) is 1.16. The fourth-order valence-electron chi connectivity index (χ4n) is 2.27. The molecular formula is C13H6N4S. The van der Waals surface area contributed by atoms with Gasteiger partial charge in [-0.1, -0.05) is 18.3 Å². The van der Waals surface area contributed by atoms with Gasteiger partial charge in [0.1, 0.15) is 17.7 Å². The molecule has 2 aromatic carbocycles. The Balaban J connectivity index is 2.26. The Hall–Kier alpha value is -2.27. The van der Waals surface area contributed by atoms with Crippen molar-refractivity contribution in [3.8, 4) is 0 Å². The zero-order valence-corrected chi connectivity index (χ0v) is 9.98. The fraction of sp³-hybridized carbons (Fsp3) is 0. The molecule has 4 rings (SSSR count). The first-order valence-corrected chi connectivity index (χ1v) is 5.86. The van der Waals surface area contributed by atoms with Crippen LogP contribution in [0.4, 0.5) is 5.69 Å². The van der Waals surface area contributed by atoms with Gasteiger partial charge in [-0.25, -0.2) is 20.0 Å². The van der Waals surface area contributed by atoms with Gasteiger partial charge in [0, 0.05) is 16.3 Å². The predicted molar refractivity (Wildman–Crippen MR) is 74.6 cm³/mol. The Morgan fingerprint density at radius 2 is 1.50 bits per heavy atom. The predicted octanol–water partition coefficient (Wildman–Crippen LogP) is 1.47. The van der Waals surface area contributed by atoms with Gasteiger partial charge in [-0.15, -0.1) is 0 Å². The molecule has 2 heterocycles. The van der Waals surface area contributed by atoms with Crippen LogP contribution in [0.5, 0.6) is 0 Å². The van der Waals surface area contributed by atoms with Crippen molar-refractivity contribution in [2.75, 3.05) is 0 Å². The van der Waals surface area contributed by atoms with Crippen LogP contribution in [-0.4, -0.2) is 17.7 Å². The van der Waals surface area contributed by atoms with E-state index in [4.69, 9.17) is 12.2 Å². The summed E-state index contributed by atoms with van der Waals surface area (Å²) in [7, 11) is 0. The second-order valence-electron chi connectivity index (χ2n) is 4.04. The lowest BCUT2D eigenvalue weighted by atomic mass is 10.0. The molecule has 0 atom stereocenters. The van der Waals surface area contributed by atoms with Crippen LogP contribution in [0.2, 0.25) is 0 Å². The van der Waals surface area contributed by atoms with Crippen molar-refractivity contribution in [3.63, 3.8) is 0 Å². The van der Waals surface area contributed by atoms with Gasteiger partial charge in [0.05, 0.1) is 16.4 Å². The number of hydrogen-bond acceptors (Lipinski definition) is 4. The van der Waals surface area contributed by atoms with Crippen LogP contribution in [0.3, 0.4) is 0 Å². The van der Waals surface area contributed by atoms with Gasteiger partial charge in [-0.05, 0) is 18.2 Å². The number of benzene rings is 2. The summed E-state index contributed by atoms with van der Waals surface area (Å²) in [6, 6.07) is 7.92. The molecule has 0 radical (unpaired) electrons. The van der Waals surface area contributed by atoms with Crippen LogP contribution in [0.15, 0.2) is 44.2 Å². The summed E-state index contributed by atoms with van der Waals surface area (Å²) in [6.07, 6.45) is 3.08. The highest BCUT2D eigenvalue weighted by Crippen LogP contribution is 2.16. The Morgan fingerprint density at radius 3 is 2.44 bits per heavy atom. The van der Waals surface area contributed by atoms with E-state index < -0.39 is 0 Å². The first-order chi connectivity index (χ1) is 8.84. The maximum absolute atomic E-state index is 5.22. The normalized spacial score (nSPS) is 15.2. The SMILES string of the molecule is S=C1N=CN=c2c1ccc1c3c(ccc21)N=CN=3. The van der Waals surface area contributed by atoms with Gasteiger partial charge in [-0.2, -0.15) is 0 Å². The van der Waals surface area contributed by atoms with E-state index in [2.05, 4.69) is 20.0 Å². The molecule has 0 amide bonds. The highest BCUT2D eigenvalue weighted by molar-refractivity contribution is 7.80. The molecule has 2 aliphatic heterocycles. The molecule has 0 aromatic heterocycles. The van der Waals surface area contributed by atoms with E-state index in [9.17, 15) is 0 Å². The molecule has 0 spiro atoms. The summed E-state index contributed by atoms with van der Waals surface area (Å²) in [5, 5.41) is 3.86. The maximum Gasteiger partial charge on any atom is 0.137 e. The van der Waals surface area contributed by atoms with Crippen LogP contribution < -0.4 is 10.7 Å². The average molecular weight is 250 g/mol. The summed E-state index contributed by atoms with van der Waals surface area (Å²) in [6.45, 7) is 0. The third-order valence-electron chi connectivity index (χ3n) is 3.10. The number of fused-ring (bicyclic) bond motifs is 5. The van der Waals surface area contributed by atoms with Crippen LogP contribution in [0.1, 0.15) is 5.56 Å². The van der Waals surface area contributed by atoms with Crippen molar-refractivity contribution >= 4 is 46.3 Å². The molecule has 2 aromatic rings. The molecule has 0 aliphatic carbocycles. The first-order valence-electron chi connectivity index (χ1n) is 5.45. The number of aliphatic imine (C=N–C) groups is 2. The van der Waals surface area contributed by atoms with E-state index in [0.29, 0.717) is 4.99 Å². The molecule has 0 saturated carbocycles. The second kappa shape index (κ2) is 3.36. The van der Waals surface area contributed by atoms with E-state index in [1.807, 2.05) is 24.3 Å². The summed E-state index contributed by atoms with van der Waals surface area (Å²) < 4.78 is 0. The third-order valence-corrected chi connectivity index (χ3v) is 3.42. The maximum atomic E-state index is 5.22. The van der Waals surface area contributed by atoms with Crippen LogP contribution in [-0.2, 0) is 0 Å². The quantitative estimate of drug-likeness (QED) is 0.653. The number of hydrogen-bond donors (Lipinski definition) is 0. The van der Waals surface area contributed by atoms with Gasteiger partial charge < -0.3 is 0 Å². The first kappa shape index (κ1) is 9.73. The Labute approximate surface area is 107 Å². The molecular weight excluding hydrogens is 244 g/mol. The highest BCUT2D eigenvalue weighted by Gasteiger charge is 2.12. The molecule has 0 unspecified atom stereocenters. The number of thiocarbonyl (C=S) groups is 1. The minimum absolute atomic E-state index is 0.579. The van der Waals surface area contributed by atoms with Gasteiger partial charge >= 0.3 is 0 Å². The zero-order chi connectivity index (χ0) is 12.1. The summed E-state index contributed by atoms with van der Waals surface area (Å²) in [4.78, 5) is 17.5. The molecule has 5 heteroatoms. The minimum atomic E-state index is 0.579. The molecule has 4 nitrogen and oxygen atoms in total. The van der Waals surface area contributed by atoms with Gasteiger partial charge in [0.25, 0.3) is 0 Å². The van der Waals surface area contributed by atoms with Crippen LogP contribution >= 0.6 is 12.2 Å². The molecule has 0 saturated heterocycles. The van der Waals surface area contributed by atoms with E-state index in [-0.39, 0.29) is 0 Å². The molecule has 0 fully saturated rings. The summed E-state index contributed by atoms with van der Waals surface area (Å²) in [5.41, 5.74) is 1.80. The van der Waals surface area contributed by atoms with Crippen molar-refractivity contribution in [2.24, 2.45) is 20.0 Å². The molecule has 18 heavy (non-hydrogen) atoms. The molecule has 0 bridgehead atoms. The monoisotopic (exact) mass is 250 g/mol. The van der Waals surface area contributed by atoms with Crippen molar-refractivity contribution in [1.82, 2.24) is 0 Å². The van der Waals surface area contributed by atoms with Crippen LogP contribution in [0, 0.1) is 0 Å². The number of rotatable bonds is 0. The highest BCUT2D eigenvalue weighted by atomic mass is 32.1. The van der Waals surface area contributed by atoms with Crippen molar-refractivity contribution in [1.29, 1.82) is 0 Å². The van der Waals surface area contributed by atoms with Gasteiger partial charge in [0.15, 0.2) is 0 Å². The topological polar surface area (TPSA) is 49.4 Å². The Bertz CT molecular complexity index is 893. The Kier molecular flexibility index (Phi) is 1.82. The van der Waals surface area contributed by atoms with Gasteiger partial charge in [-0.3, -0.25) is 0 Å². The average Bonchev–Trinajstić information content (AvgIpc) is 2.87. The lowest BCUT2D eigenvalue weighted by molar-refractivity contribution is 1.39. The van der Waals surface area contributed by atoms with E-state index in [1.165, 1.54) is 6.34 Å².